The number of nitrogens with one attached hydrogen (secondary N) is 4. The molecule has 2 aliphatic heterocycles. The second-order valence-electron chi connectivity index (χ2n) is 5.39. The van der Waals surface area contributed by atoms with Crippen LogP contribution >= 0.6 is 0 Å². The maximum Gasteiger partial charge on any atom is 0.0228 e. The molecule has 0 atom stereocenters. The topological polar surface area (TPSA) is 54.6 Å². The van der Waals surface area contributed by atoms with Gasteiger partial charge in [0.05, 0.1) is 0 Å². The van der Waals surface area contributed by atoms with Crippen molar-refractivity contribution in [2.24, 2.45) is 0 Å². The van der Waals surface area contributed by atoms with Gasteiger partial charge in [-0.25, -0.2) is 0 Å². The molecular formula is C13H30N6. The molecule has 0 radical (unpaired) electrons. The molecule has 2 heterocycles. The quantitative estimate of drug-likeness (QED) is 0.311. The van der Waals surface area contributed by atoms with Crippen LogP contribution in [0.4, 0.5) is 0 Å². The number of hydrazine groups is 1. The minimum atomic E-state index is 1.04. The Morgan fingerprint density at radius 2 is 1.21 bits per heavy atom. The number of rotatable bonds is 8. The first kappa shape index (κ1) is 15.2. The third-order valence-corrected chi connectivity index (χ3v) is 3.87. The van der Waals surface area contributed by atoms with E-state index in [4.69, 9.17) is 0 Å². The maximum atomic E-state index is 3.39. The third kappa shape index (κ3) is 6.65. The van der Waals surface area contributed by atoms with Crippen molar-refractivity contribution in [1.82, 2.24) is 31.3 Å². The summed E-state index contributed by atoms with van der Waals surface area (Å²) in [5.74, 6) is 0. The van der Waals surface area contributed by atoms with E-state index in [2.05, 4.69) is 31.3 Å². The smallest absolute Gasteiger partial charge is 0.0228 e. The first-order valence-electron chi connectivity index (χ1n) is 7.77. The zero-order valence-electron chi connectivity index (χ0n) is 12.1. The van der Waals surface area contributed by atoms with Crippen LogP contribution in [0.2, 0.25) is 0 Å². The normalized spacial score (nSPS) is 22.7. The molecule has 0 amide bonds. The van der Waals surface area contributed by atoms with E-state index < -0.39 is 0 Å². The fraction of sp³-hybridized carbons (Fsp3) is 1.00. The van der Waals surface area contributed by atoms with Crippen molar-refractivity contribution in [2.45, 2.75) is 6.42 Å². The van der Waals surface area contributed by atoms with Gasteiger partial charge in [-0.2, -0.15) is 0 Å². The van der Waals surface area contributed by atoms with Crippen LogP contribution in [0.15, 0.2) is 0 Å². The van der Waals surface area contributed by atoms with E-state index in [-0.39, 0.29) is 0 Å². The van der Waals surface area contributed by atoms with Gasteiger partial charge in [0.1, 0.15) is 0 Å². The van der Waals surface area contributed by atoms with Gasteiger partial charge in [0.15, 0.2) is 0 Å². The molecule has 2 rings (SSSR count). The highest BCUT2D eigenvalue weighted by atomic mass is 15.4. The first-order valence-corrected chi connectivity index (χ1v) is 7.77. The van der Waals surface area contributed by atoms with Gasteiger partial charge in [-0.3, -0.25) is 15.8 Å². The standard InChI is InChI=1S/C13H30N6/c1(8-18-9-3-14-4-10-18)2-16-17-7-13-19-11-5-15-6-12-19/h14-17H,1-13H2. The monoisotopic (exact) mass is 270 g/mol. The lowest BCUT2D eigenvalue weighted by atomic mass is 10.3. The lowest BCUT2D eigenvalue weighted by Crippen LogP contribution is -2.47. The largest absolute Gasteiger partial charge is 0.314 e. The number of nitrogens with zero attached hydrogens (tertiary/aromatic N) is 2. The summed E-state index contributed by atoms with van der Waals surface area (Å²) in [6, 6.07) is 0. The van der Waals surface area contributed by atoms with E-state index in [1.807, 2.05) is 0 Å². The summed E-state index contributed by atoms with van der Waals surface area (Å²) in [7, 11) is 0. The minimum absolute atomic E-state index is 1.04. The molecule has 0 saturated carbocycles. The second kappa shape index (κ2) is 9.63. The molecule has 6 nitrogen and oxygen atoms in total. The van der Waals surface area contributed by atoms with Gasteiger partial charge in [-0.05, 0) is 13.0 Å². The molecule has 6 heteroatoms. The summed E-state index contributed by atoms with van der Waals surface area (Å²) >= 11 is 0. The van der Waals surface area contributed by atoms with Gasteiger partial charge < -0.3 is 15.5 Å². The van der Waals surface area contributed by atoms with Crippen LogP contribution in [-0.2, 0) is 0 Å². The van der Waals surface area contributed by atoms with Gasteiger partial charge in [-0.15, -0.1) is 0 Å². The summed E-state index contributed by atoms with van der Waals surface area (Å²) in [6.45, 7) is 13.8. The highest BCUT2D eigenvalue weighted by molar-refractivity contribution is 4.68. The zero-order valence-corrected chi connectivity index (χ0v) is 12.1. The molecule has 19 heavy (non-hydrogen) atoms. The fourth-order valence-corrected chi connectivity index (χ4v) is 2.65. The molecule has 0 spiro atoms. The lowest BCUT2D eigenvalue weighted by molar-refractivity contribution is 0.230. The Kier molecular flexibility index (Phi) is 7.68. The van der Waals surface area contributed by atoms with Crippen LogP contribution in [0.25, 0.3) is 0 Å². The molecule has 2 saturated heterocycles. The Labute approximate surface area is 117 Å². The minimum Gasteiger partial charge on any atom is -0.314 e. The van der Waals surface area contributed by atoms with Gasteiger partial charge >= 0.3 is 0 Å². The van der Waals surface area contributed by atoms with E-state index >= 15 is 0 Å². The molecule has 0 aromatic heterocycles. The van der Waals surface area contributed by atoms with Crippen molar-refractivity contribution < 1.29 is 0 Å². The highest BCUT2D eigenvalue weighted by Crippen LogP contribution is 1.93. The SMILES string of the molecule is C(CNNCCN1CCNCC1)CN1CCNCC1. The van der Waals surface area contributed by atoms with E-state index in [0.717, 1.165) is 45.8 Å². The predicted molar refractivity (Wildman–Crippen MR) is 79.2 cm³/mol. The third-order valence-electron chi connectivity index (χ3n) is 3.87. The molecule has 0 aromatic carbocycles. The Hall–Kier alpha value is -0.240. The van der Waals surface area contributed by atoms with Crippen molar-refractivity contribution in [3.63, 3.8) is 0 Å². The Balaban J connectivity index is 1.35. The summed E-state index contributed by atoms with van der Waals surface area (Å²) in [6.07, 6.45) is 1.22. The van der Waals surface area contributed by atoms with E-state index in [0.29, 0.717) is 0 Å². The number of piperazine rings is 2. The average molecular weight is 270 g/mol. The van der Waals surface area contributed by atoms with Crippen LogP contribution in [-0.4, -0.2) is 88.3 Å². The zero-order chi connectivity index (χ0) is 13.2. The van der Waals surface area contributed by atoms with Crippen LogP contribution in [0.5, 0.6) is 0 Å². The molecule has 112 valence electrons. The van der Waals surface area contributed by atoms with Crippen LogP contribution in [0.1, 0.15) is 6.42 Å². The highest BCUT2D eigenvalue weighted by Gasteiger charge is 2.09. The van der Waals surface area contributed by atoms with Crippen molar-refractivity contribution in [1.29, 1.82) is 0 Å². The van der Waals surface area contributed by atoms with Gasteiger partial charge in [0, 0.05) is 72.0 Å². The van der Waals surface area contributed by atoms with Crippen molar-refractivity contribution in [3.05, 3.63) is 0 Å². The fourth-order valence-electron chi connectivity index (χ4n) is 2.65. The molecular weight excluding hydrogens is 240 g/mol. The van der Waals surface area contributed by atoms with Gasteiger partial charge in [-0.1, -0.05) is 0 Å². The summed E-state index contributed by atoms with van der Waals surface area (Å²) in [5, 5.41) is 6.76. The molecule has 0 unspecified atom stereocenters. The van der Waals surface area contributed by atoms with E-state index in [1.54, 1.807) is 0 Å². The first-order chi connectivity index (χ1) is 9.45. The Morgan fingerprint density at radius 3 is 1.84 bits per heavy atom. The van der Waals surface area contributed by atoms with Crippen molar-refractivity contribution in [3.8, 4) is 0 Å². The molecule has 2 aliphatic rings. The van der Waals surface area contributed by atoms with Crippen molar-refractivity contribution >= 4 is 0 Å². The molecule has 0 bridgehead atoms. The van der Waals surface area contributed by atoms with Crippen LogP contribution < -0.4 is 21.5 Å². The van der Waals surface area contributed by atoms with E-state index in [1.165, 1.54) is 39.1 Å². The van der Waals surface area contributed by atoms with Crippen molar-refractivity contribution in [2.75, 3.05) is 78.5 Å². The molecule has 0 aliphatic carbocycles. The second-order valence-corrected chi connectivity index (χ2v) is 5.39. The Bertz CT molecular complexity index is 191. The lowest BCUT2D eigenvalue weighted by Gasteiger charge is -2.27. The molecule has 2 fully saturated rings. The maximum absolute atomic E-state index is 3.39. The number of hydrogen-bond acceptors (Lipinski definition) is 6. The number of hydrogen-bond donors (Lipinski definition) is 4. The molecule has 0 aromatic rings. The van der Waals surface area contributed by atoms with Crippen LogP contribution in [0.3, 0.4) is 0 Å². The van der Waals surface area contributed by atoms with Gasteiger partial charge in [0.2, 0.25) is 0 Å². The van der Waals surface area contributed by atoms with Gasteiger partial charge in [0.25, 0.3) is 0 Å². The summed E-state index contributed by atoms with van der Waals surface area (Å²) < 4.78 is 0. The predicted octanol–water partition coefficient (Wildman–Crippen LogP) is -1.72. The summed E-state index contributed by atoms with van der Waals surface area (Å²) in [5.41, 5.74) is 6.66. The molecule has 4 N–H and O–H groups in total. The summed E-state index contributed by atoms with van der Waals surface area (Å²) in [4.78, 5) is 5.05. The van der Waals surface area contributed by atoms with Crippen LogP contribution in [0, 0.1) is 0 Å². The Morgan fingerprint density at radius 1 is 0.684 bits per heavy atom. The average Bonchev–Trinajstić information content (AvgIpc) is 2.48. The van der Waals surface area contributed by atoms with E-state index in [9.17, 15) is 0 Å².